The Morgan fingerprint density at radius 2 is 0.955 bits per heavy atom. The van der Waals surface area contributed by atoms with Gasteiger partial charge in [0.05, 0.1) is 6.17 Å². The van der Waals surface area contributed by atoms with Crippen molar-refractivity contribution in [2.75, 3.05) is 13.1 Å². The molecule has 0 saturated carbocycles. The molecule has 1 aliphatic rings. The van der Waals surface area contributed by atoms with E-state index in [2.05, 4.69) is 43.0 Å². The lowest BCUT2D eigenvalue weighted by molar-refractivity contribution is 0.165. The van der Waals surface area contributed by atoms with Crippen LogP contribution in [0.5, 0.6) is 0 Å². The highest BCUT2D eigenvalue weighted by Crippen LogP contribution is 2.18. The molecule has 1 unspecified atom stereocenters. The van der Waals surface area contributed by atoms with E-state index in [1.54, 1.807) is 0 Å². The molecule has 2 heteroatoms. The third kappa shape index (κ3) is 8.10. The minimum atomic E-state index is 0.575. The largest absolute Gasteiger partial charge is 0.356 e. The van der Waals surface area contributed by atoms with E-state index in [1.165, 1.54) is 90.1 Å². The normalized spacial score (nSPS) is 17.7. The van der Waals surface area contributed by atoms with Crippen LogP contribution < -0.4 is 0 Å². The molecule has 2 nitrogen and oxygen atoms in total. The smallest absolute Gasteiger partial charge is 0.0977 e. The summed E-state index contributed by atoms with van der Waals surface area (Å²) in [6, 6.07) is 0. The zero-order chi connectivity index (χ0) is 16.0. The van der Waals surface area contributed by atoms with Crippen LogP contribution in [0.4, 0.5) is 0 Å². The van der Waals surface area contributed by atoms with Crippen LogP contribution in [0.15, 0.2) is 12.4 Å². The first-order valence-electron chi connectivity index (χ1n) is 9.99. The Hall–Kier alpha value is -0.660. The summed E-state index contributed by atoms with van der Waals surface area (Å²) in [7, 11) is 0. The van der Waals surface area contributed by atoms with Gasteiger partial charge in [0.1, 0.15) is 0 Å². The SMILES string of the molecule is CCCCCCCCCCN1C=CN(CCCCCC)C1C. The molecule has 0 amide bonds. The van der Waals surface area contributed by atoms with E-state index < -0.39 is 0 Å². The summed E-state index contributed by atoms with van der Waals surface area (Å²) in [5.74, 6) is 0. The van der Waals surface area contributed by atoms with Gasteiger partial charge in [-0.15, -0.1) is 0 Å². The molecule has 0 bridgehead atoms. The minimum absolute atomic E-state index is 0.575. The molecule has 130 valence electrons. The van der Waals surface area contributed by atoms with Crippen molar-refractivity contribution in [1.29, 1.82) is 0 Å². The third-order valence-corrected chi connectivity index (χ3v) is 4.95. The predicted molar refractivity (Wildman–Crippen MR) is 98.8 cm³/mol. The highest BCUT2D eigenvalue weighted by molar-refractivity contribution is 4.95. The number of nitrogens with zero attached hydrogens (tertiary/aromatic N) is 2. The lowest BCUT2D eigenvalue weighted by atomic mass is 10.1. The maximum Gasteiger partial charge on any atom is 0.0977 e. The molecule has 0 aliphatic carbocycles. The molecular formula is C20H40N2. The summed E-state index contributed by atoms with van der Waals surface area (Å²) in [5.41, 5.74) is 0. The van der Waals surface area contributed by atoms with Crippen LogP contribution in [-0.4, -0.2) is 29.1 Å². The second kappa shape index (κ2) is 12.8. The summed E-state index contributed by atoms with van der Waals surface area (Å²) in [4.78, 5) is 5.04. The van der Waals surface area contributed by atoms with Crippen molar-refractivity contribution in [3.63, 3.8) is 0 Å². The van der Waals surface area contributed by atoms with Gasteiger partial charge < -0.3 is 9.80 Å². The van der Waals surface area contributed by atoms with E-state index in [1.807, 2.05) is 0 Å². The highest BCUT2D eigenvalue weighted by atomic mass is 15.4. The van der Waals surface area contributed by atoms with Gasteiger partial charge in [0.25, 0.3) is 0 Å². The van der Waals surface area contributed by atoms with E-state index in [4.69, 9.17) is 0 Å². The molecule has 1 atom stereocenters. The zero-order valence-electron chi connectivity index (χ0n) is 15.5. The third-order valence-electron chi connectivity index (χ3n) is 4.95. The van der Waals surface area contributed by atoms with E-state index >= 15 is 0 Å². The summed E-state index contributed by atoms with van der Waals surface area (Å²) in [5, 5.41) is 0. The van der Waals surface area contributed by atoms with Crippen LogP contribution in [0.25, 0.3) is 0 Å². The van der Waals surface area contributed by atoms with Crippen LogP contribution in [0.1, 0.15) is 97.8 Å². The van der Waals surface area contributed by atoms with Gasteiger partial charge in [0.15, 0.2) is 0 Å². The van der Waals surface area contributed by atoms with Crippen LogP contribution in [0.3, 0.4) is 0 Å². The van der Waals surface area contributed by atoms with E-state index in [0.29, 0.717) is 6.17 Å². The van der Waals surface area contributed by atoms with Crippen LogP contribution in [-0.2, 0) is 0 Å². The first-order valence-corrected chi connectivity index (χ1v) is 9.99. The molecule has 1 heterocycles. The van der Waals surface area contributed by atoms with Gasteiger partial charge in [-0.2, -0.15) is 0 Å². The van der Waals surface area contributed by atoms with Crippen molar-refractivity contribution in [3.8, 4) is 0 Å². The molecule has 0 fully saturated rings. The maximum atomic E-state index is 2.52. The van der Waals surface area contributed by atoms with Crippen molar-refractivity contribution in [1.82, 2.24) is 9.80 Å². The Balaban J connectivity index is 1.99. The molecule has 22 heavy (non-hydrogen) atoms. The summed E-state index contributed by atoms with van der Waals surface area (Å²) in [6.45, 7) is 9.38. The van der Waals surface area contributed by atoms with Gasteiger partial charge >= 0.3 is 0 Å². The lowest BCUT2D eigenvalue weighted by Crippen LogP contribution is -2.36. The maximum absolute atomic E-state index is 2.52. The van der Waals surface area contributed by atoms with Gasteiger partial charge in [-0.3, -0.25) is 0 Å². The minimum Gasteiger partial charge on any atom is -0.356 e. The molecule has 0 aromatic heterocycles. The van der Waals surface area contributed by atoms with Gasteiger partial charge in [-0.25, -0.2) is 0 Å². The average molecular weight is 309 g/mol. The van der Waals surface area contributed by atoms with Crippen molar-refractivity contribution in [2.24, 2.45) is 0 Å². The Kier molecular flexibility index (Phi) is 11.3. The van der Waals surface area contributed by atoms with Gasteiger partial charge in [-0.1, -0.05) is 78.1 Å². The molecular weight excluding hydrogens is 268 g/mol. The van der Waals surface area contributed by atoms with Crippen molar-refractivity contribution >= 4 is 0 Å². The van der Waals surface area contributed by atoms with Crippen LogP contribution in [0, 0.1) is 0 Å². The second-order valence-electron chi connectivity index (χ2n) is 6.94. The number of hydrogen-bond acceptors (Lipinski definition) is 2. The quantitative estimate of drug-likeness (QED) is 0.355. The summed E-state index contributed by atoms with van der Waals surface area (Å²) < 4.78 is 0. The van der Waals surface area contributed by atoms with Gasteiger partial charge in [0, 0.05) is 25.5 Å². The Bertz CT molecular complexity index is 275. The highest BCUT2D eigenvalue weighted by Gasteiger charge is 2.20. The predicted octanol–water partition coefficient (Wildman–Crippen LogP) is 6.14. The Morgan fingerprint density at radius 3 is 1.41 bits per heavy atom. The van der Waals surface area contributed by atoms with Crippen molar-refractivity contribution in [2.45, 2.75) is 104 Å². The fourth-order valence-electron chi connectivity index (χ4n) is 3.28. The fourth-order valence-corrected chi connectivity index (χ4v) is 3.28. The molecule has 0 aromatic carbocycles. The second-order valence-corrected chi connectivity index (χ2v) is 6.94. The molecule has 0 N–H and O–H groups in total. The van der Waals surface area contributed by atoms with E-state index in [-0.39, 0.29) is 0 Å². The van der Waals surface area contributed by atoms with Gasteiger partial charge in [-0.05, 0) is 19.8 Å². The summed E-state index contributed by atoms with van der Waals surface area (Å²) >= 11 is 0. The van der Waals surface area contributed by atoms with Crippen LogP contribution in [0.2, 0.25) is 0 Å². The molecule has 1 aliphatic heterocycles. The van der Waals surface area contributed by atoms with E-state index in [9.17, 15) is 0 Å². The number of unbranched alkanes of at least 4 members (excludes halogenated alkanes) is 10. The molecule has 0 radical (unpaired) electrons. The van der Waals surface area contributed by atoms with Crippen molar-refractivity contribution in [3.05, 3.63) is 12.4 Å². The fraction of sp³-hybridized carbons (Fsp3) is 0.900. The zero-order valence-corrected chi connectivity index (χ0v) is 15.5. The number of hydrogen-bond donors (Lipinski definition) is 0. The van der Waals surface area contributed by atoms with Crippen LogP contribution >= 0.6 is 0 Å². The summed E-state index contributed by atoms with van der Waals surface area (Å²) in [6.07, 6.45) is 21.9. The lowest BCUT2D eigenvalue weighted by Gasteiger charge is -2.29. The van der Waals surface area contributed by atoms with E-state index in [0.717, 1.165) is 0 Å². The monoisotopic (exact) mass is 308 g/mol. The molecule has 0 spiro atoms. The Morgan fingerprint density at radius 1 is 0.591 bits per heavy atom. The number of rotatable bonds is 14. The standard InChI is InChI=1S/C20H40N2/c1-4-6-8-10-11-12-13-15-17-22-19-18-21(20(22)3)16-14-9-7-5-2/h18-20H,4-17H2,1-3H3. The van der Waals surface area contributed by atoms with Gasteiger partial charge in [0.2, 0.25) is 0 Å². The van der Waals surface area contributed by atoms with Crippen molar-refractivity contribution < 1.29 is 0 Å². The molecule has 1 rings (SSSR count). The first-order chi connectivity index (χ1) is 10.8. The average Bonchev–Trinajstić information content (AvgIpc) is 2.87. The topological polar surface area (TPSA) is 6.48 Å². The first kappa shape index (κ1) is 19.4. The Labute approximate surface area is 139 Å². The molecule has 0 aromatic rings. The molecule has 0 saturated heterocycles.